The van der Waals surface area contributed by atoms with Gasteiger partial charge in [0.15, 0.2) is 5.15 Å². The summed E-state index contributed by atoms with van der Waals surface area (Å²) in [7, 11) is 1.27. The lowest BCUT2D eigenvalue weighted by Gasteiger charge is -2.10. The summed E-state index contributed by atoms with van der Waals surface area (Å²) in [6.45, 7) is 0. The predicted octanol–water partition coefficient (Wildman–Crippen LogP) is 1.84. The number of nitrogens with two attached hydrogens (primary N) is 1. The zero-order chi connectivity index (χ0) is 15.0. The number of ether oxygens (including phenoxy) is 1. The molecule has 0 radical (unpaired) electrons. The summed E-state index contributed by atoms with van der Waals surface area (Å²) in [5.41, 5.74) is 7.45. The normalized spacial score (nSPS) is 10.8. The minimum Gasteiger partial charge on any atom is -0.465 e. The Balaban J connectivity index is 2.34. The maximum absolute atomic E-state index is 11.9. The number of pyridine rings is 1. The lowest BCUT2D eigenvalue weighted by atomic mass is 10.2. The Hall–Kier alpha value is -2.67. The molecule has 3 aromatic rings. The van der Waals surface area contributed by atoms with E-state index < -0.39 is 5.97 Å². The van der Waals surface area contributed by atoms with Gasteiger partial charge in [-0.2, -0.15) is 0 Å². The van der Waals surface area contributed by atoms with Crippen molar-refractivity contribution in [3.05, 3.63) is 41.0 Å². The molecule has 2 aromatic heterocycles. The average molecular weight is 304 g/mol. The molecule has 106 valence electrons. The highest BCUT2D eigenvalue weighted by molar-refractivity contribution is 6.32. The van der Waals surface area contributed by atoms with Gasteiger partial charge < -0.3 is 10.5 Å². The van der Waals surface area contributed by atoms with Crippen LogP contribution in [0.3, 0.4) is 0 Å². The molecule has 1 aromatic carbocycles. The van der Waals surface area contributed by atoms with E-state index in [2.05, 4.69) is 15.3 Å². The first-order chi connectivity index (χ1) is 10.1. The smallest absolute Gasteiger partial charge is 0.340 e. The first kappa shape index (κ1) is 13.3. The van der Waals surface area contributed by atoms with Gasteiger partial charge in [-0.3, -0.25) is 0 Å². The summed E-state index contributed by atoms with van der Waals surface area (Å²) in [4.78, 5) is 15.9. The third-order valence-electron chi connectivity index (χ3n) is 2.94. The fraction of sp³-hybridized carbons (Fsp3) is 0.0769. The molecule has 0 unspecified atom stereocenters. The molecular formula is C13H10ClN5O2. The molecule has 0 amide bonds. The number of carbonyl (C=O) groups is 1. The number of esters is 1. The van der Waals surface area contributed by atoms with Crippen LogP contribution in [0.5, 0.6) is 0 Å². The van der Waals surface area contributed by atoms with Crippen molar-refractivity contribution in [3.8, 4) is 5.69 Å². The van der Waals surface area contributed by atoms with Crippen molar-refractivity contribution in [3.63, 3.8) is 0 Å². The summed E-state index contributed by atoms with van der Waals surface area (Å²) in [5, 5.41) is 8.10. The number of para-hydroxylation sites is 1. The van der Waals surface area contributed by atoms with Crippen molar-refractivity contribution in [2.24, 2.45) is 0 Å². The van der Waals surface area contributed by atoms with Crippen LogP contribution >= 0.6 is 11.6 Å². The monoisotopic (exact) mass is 303 g/mol. The minimum absolute atomic E-state index is 0.0473. The Morgan fingerprint density at radius 2 is 2.14 bits per heavy atom. The lowest BCUT2D eigenvalue weighted by molar-refractivity contribution is 0.0600. The van der Waals surface area contributed by atoms with Gasteiger partial charge in [-0.15, -0.1) is 5.10 Å². The Morgan fingerprint density at radius 3 is 2.90 bits per heavy atom. The zero-order valence-corrected chi connectivity index (χ0v) is 11.7. The van der Waals surface area contributed by atoms with Crippen molar-refractivity contribution >= 4 is 34.4 Å². The molecule has 0 bridgehead atoms. The van der Waals surface area contributed by atoms with Gasteiger partial charge in [-0.05, 0) is 18.2 Å². The number of hydrogen-bond donors (Lipinski definition) is 1. The van der Waals surface area contributed by atoms with Crippen molar-refractivity contribution < 1.29 is 9.53 Å². The standard InChI is InChI=1S/C13H10ClN5O2/c1-21-13(20)7-6-10(15)16-12(14)11(7)19-9-5-3-2-4-8(9)17-18-19/h2-6H,1H3,(H2,15,16). The number of halogens is 1. The first-order valence-electron chi connectivity index (χ1n) is 5.97. The van der Waals surface area contributed by atoms with Gasteiger partial charge in [-0.1, -0.05) is 28.9 Å². The van der Waals surface area contributed by atoms with E-state index in [1.807, 2.05) is 18.2 Å². The number of anilines is 1. The molecule has 7 nitrogen and oxygen atoms in total. The number of aromatic nitrogens is 4. The third kappa shape index (κ3) is 2.17. The Morgan fingerprint density at radius 1 is 1.38 bits per heavy atom. The molecule has 0 aliphatic heterocycles. The number of benzene rings is 1. The summed E-state index contributed by atoms with van der Waals surface area (Å²) in [6.07, 6.45) is 0. The van der Waals surface area contributed by atoms with Crippen molar-refractivity contribution in [1.82, 2.24) is 20.0 Å². The quantitative estimate of drug-likeness (QED) is 0.573. The summed E-state index contributed by atoms with van der Waals surface area (Å²) >= 11 is 6.14. The van der Waals surface area contributed by atoms with Crippen molar-refractivity contribution in [2.45, 2.75) is 0 Å². The van der Waals surface area contributed by atoms with Crippen LogP contribution in [0.4, 0.5) is 5.82 Å². The van der Waals surface area contributed by atoms with Crippen LogP contribution in [-0.4, -0.2) is 33.1 Å². The van der Waals surface area contributed by atoms with Gasteiger partial charge >= 0.3 is 5.97 Å². The largest absolute Gasteiger partial charge is 0.465 e. The van der Waals surface area contributed by atoms with Crippen LogP contribution in [-0.2, 0) is 4.74 Å². The number of fused-ring (bicyclic) bond motifs is 1. The fourth-order valence-electron chi connectivity index (χ4n) is 2.03. The molecule has 0 saturated heterocycles. The van der Waals surface area contributed by atoms with E-state index in [4.69, 9.17) is 22.1 Å². The molecule has 0 aliphatic rings. The number of nitrogens with zero attached hydrogens (tertiary/aromatic N) is 4. The van der Waals surface area contributed by atoms with Crippen LogP contribution in [0.25, 0.3) is 16.7 Å². The molecule has 0 atom stereocenters. The molecule has 0 spiro atoms. The van der Waals surface area contributed by atoms with Gasteiger partial charge in [-0.25, -0.2) is 14.5 Å². The zero-order valence-electron chi connectivity index (χ0n) is 10.9. The molecule has 0 saturated carbocycles. The Bertz CT molecular complexity index is 846. The molecule has 3 rings (SSSR count). The molecular weight excluding hydrogens is 294 g/mol. The summed E-state index contributed by atoms with van der Waals surface area (Å²) in [6, 6.07) is 8.67. The first-order valence-corrected chi connectivity index (χ1v) is 6.34. The van der Waals surface area contributed by atoms with Crippen molar-refractivity contribution in [1.29, 1.82) is 0 Å². The van der Waals surface area contributed by atoms with Gasteiger partial charge in [0.05, 0.1) is 18.2 Å². The van der Waals surface area contributed by atoms with E-state index in [0.717, 1.165) is 0 Å². The van der Waals surface area contributed by atoms with Crippen molar-refractivity contribution in [2.75, 3.05) is 12.8 Å². The maximum atomic E-state index is 11.9. The third-order valence-corrected chi connectivity index (χ3v) is 3.20. The molecule has 2 heterocycles. The number of nitrogen functional groups attached to an aromatic ring is 1. The van der Waals surface area contributed by atoms with Crippen LogP contribution in [0.15, 0.2) is 30.3 Å². The highest BCUT2D eigenvalue weighted by atomic mass is 35.5. The molecule has 0 fully saturated rings. The van der Waals surface area contributed by atoms with E-state index in [9.17, 15) is 4.79 Å². The maximum Gasteiger partial charge on any atom is 0.340 e. The Labute approximate surface area is 124 Å². The Kier molecular flexibility index (Phi) is 3.19. The second kappa shape index (κ2) is 5.02. The summed E-state index contributed by atoms with van der Waals surface area (Å²) in [5.74, 6) is -0.464. The highest BCUT2D eigenvalue weighted by Crippen LogP contribution is 2.27. The van der Waals surface area contributed by atoms with Crippen LogP contribution < -0.4 is 5.73 Å². The van der Waals surface area contributed by atoms with E-state index >= 15 is 0 Å². The molecule has 21 heavy (non-hydrogen) atoms. The van der Waals surface area contributed by atoms with Gasteiger partial charge in [0.2, 0.25) is 0 Å². The number of rotatable bonds is 2. The fourth-order valence-corrected chi connectivity index (χ4v) is 2.31. The van der Waals surface area contributed by atoms with Gasteiger partial charge in [0.1, 0.15) is 17.0 Å². The number of methoxy groups -OCH3 is 1. The minimum atomic E-state index is -0.583. The molecule has 0 aliphatic carbocycles. The second-order valence-electron chi connectivity index (χ2n) is 4.22. The van der Waals surface area contributed by atoms with Gasteiger partial charge in [0.25, 0.3) is 0 Å². The number of carbonyl (C=O) groups excluding carboxylic acids is 1. The number of hydrogen-bond acceptors (Lipinski definition) is 6. The molecule has 8 heteroatoms. The van der Waals surface area contributed by atoms with Crippen LogP contribution in [0, 0.1) is 0 Å². The van der Waals surface area contributed by atoms with Crippen LogP contribution in [0.1, 0.15) is 10.4 Å². The van der Waals surface area contributed by atoms with E-state index in [1.54, 1.807) is 6.07 Å². The highest BCUT2D eigenvalue weighted by Gasteiger charge is 2.21. The topological polar surface area (TPSA) is 95.9 Å². The predicted molar refractivity (Wildman–Crippen MR) is 77.4 cm³/mol. The van der Waals surface area contributed by atoms with Gasteiger partial charge in [0, 0.05) is 0 Å². The summed E-state index contributed by atoms with van der Waals surface area (Å²) < 4.78 is 6.20. The lowest BCUT2D eigenvalue weighted by Crippen LogP contribution is -2.12. The van der Waals surface area contributed by atoms with Crippen LogP contribution in [0.2, 0.25) is 5.15 Å². The average Bonchev–Trinajstić information content (AvgIpc) is 2.89. The van der Waals surface area contributed by atoms with E-state index in [0.29, 0.717) is 11.0 Å². The SMILES string of the molecule is COC(=O)c1cc(N)nc(Cl)c1-n1nnc2ccccc21. The van der Waals surface area contributed by atoms with E-state index in [1.165, 1.54) is 17.9 Å². The molecule has 2 N–H and O–H groups in total. The second-order valence-corrected chi connectivity index (χ2v) is 4.57. The van der Waals surface area contributed by atoms with E-state index in [-0.39, 0.29) is 22.2 Å².